The molecule has 1 aromatic carbocycles. The van der Waals surface area contributed by atoms with Gasteiger partial charge in [0.2, 0.25) is 0 Å². The van der Waals surface area contributed by atoms with E-state index in [9.17, 15) is 8.42 Å². The zero-order chi connectivity index (χ0) is 11.6. The fraction of sp³-hybridized carbons (Fsp3) is 0.455. The Hall–Kier alpha value is -0.580. The van der Waals surface area contributed by atoms with Crippen molar-refractivity contribution in [3.05, 3.63) is 34.9 Å². The van der Waals surface area contributed by atoms with Crippen molar-refractivity contribution in [2.75, 3.05) is 13.1 Å². The minimum atomic E-state index is -3.03. The summed E-state index contributed by atoms with van der Waals surface area (Å²) in [5.41, 5.74) is 0.802. The lowest BCUT2D eigenvalue weighted by molar-refractivity contribution is 0.582. The number of halogens is 1. The summed E-state index contributed by atoms with van der Waals surface area (Å²) >= 11 is 5.75. The van der Waals surface area contributed by atoms with Gasteiger partial charge in [0.25, 0.3) is 0 Å². The molecule has 1 aliphatic heterocycles. The van der Waals surface area contributed by atoms with E-state index in [0.29, 0.717) is 11.6 Å². The molecule has 1 aromatic rings. The van der Waals surface area contributed by atoms with Crippen LogP contribution in [0.25, 0.3) is 0 Å². The number of sulfone groups is 1. The summed E-state index contributed by atoms with van der Waals surface area (Å²) in [7, 11) is -3.03. The van der Waals surface area contributed by atoms with Crippen LogP contribution in [0.1, 0.15) is 12.0 Å². The summed E-state index contributed by atoms with van der Waals surface area (Å²) in [6.07, 6.45) is 0.718. The van der Waals surface area contributed by atoms with Crippen LogP contribution in [0.15, 0.2) is 24.3 Å². The average molecular weight is 260 g/mol. The highest BCUT2D eigenvalue weighted by Crippen LogP contribution is 2.17. The molecular formula is C11H14ClNO2S. The third-order valence-electron chi connectivity index (χ3n) is 2.80. The van der Waals surface area contributed by atoms with Crippen LogP contribution in [-0.2, 0) is 15.6 Å². The first-order valence-corrected chi connectivity index (χ1v) is 7.34. The van der Waals surface area contributed by atoms with Crippen LogP contribution >= 0.6 is 11.6 Å². The summed E-state index contributed by atoms with van der Waals surface area (Å²) < 4.78 is 24.0. The fourth-order valence-electron chi connectivity index (χ4n) is 1.87. The van der Waals surface area contributed by atoms with Gasteiger partial charge in [-0.3, -0.25) is 0 Å². The second-order valence-corrected chi connectivity index (χ2v) is 6.77. The van der Waals surface area contributed by atoms with Crippen molar-refractivity contribution in [3.63, 3.8) is 0 Å². The maximum Gasteiger partial charge on any atom is 0.158 e. The minimum Gasteiger partial charge on any atom is -0.315 e. The standard InChI is InChI=1S/C11H14ClNO2S/c12-10-3-1-9(2-4-10)8-16(14,15)11-5-6-13-7-11/h1-4,11,13H,5-8H2. The molecular weight excluding hydrogens is 246 g/mol. The minimum absolute atomic E-state index is 0.108. The van der Waals surface area contributed by atoms with Gasteiger partial charge in [-0.05, 0) is 30.7 Å². The third-order valence-corrected chi connectivity index (χ3v) is 5.21. The third kappa shape index (κ3) is 2.75. The molecule has 1 saturated heterocycles. The molecule has 1 heterocycles. The van der Waals surface area contributed by atoms with Gasteiger partial charge in [-0.25, -0.2) is 8.42 Å². The molecule has 1 aliphatic rings. The van der Waals surface area contributed by atoms with Gasteiger partial charge < -0.3 is 5.32 Å². The summed E-state index contributed by atoms with van der Waals surface area (Å²) in [5, 5.41) is 3.47. The first kappa shape index (κ1) is 11.9. The summed E-state index contributed by atoms with van der Waals surface area (Å²) in [6, 6.07) is 6.98. The molecule has 0 aliphatic carbocycles. The Morgan fingerprint density at radius 2 is 2.00 bits per heavy atom. The van der Waals surface area contributed by atoms with Crippen LogP contribution in [0.3, 0.4) is 0 Å². The number of nitrogens with one attached hydrogen (secondary N) is 1. The normalized spacial score (nSPS) is 21.2. The Bertz CT molecular complexity index is 449. The highest BCUT2D eigenvalue weighted by molar-refractivity contribution is 7.91. The molecule has 0 radical (unpaired) electrons. The van der Waals surface area contributed by atoms with Crippen molar-refractivity contribution in [1.82, 2.24) is 5.32 Å². The number of hydrogen-bond acceptors (Lipinski definition) is 3. The molecule has 0 amide bonds. The number of hydrogen-bond donors (Lipinski definition) is 1. The van der Waals surface area contributed by atoms with Crippen LogP contribution in [0.2, 0.25) is 5.02 Å². The zero-order valence-electron chi connectivity index (χ0n) is 8.82. The van der Waals surface area contributed by atoms with Crippen molar-refractivity contribution in [3.8, 4) is 0 Å². The summed E-state index contributed by atoms with van der Waals surface area (Å²) in [6.45, 7) is 1.38. The maximum atomic E-state index is 12.0. The predicted molar refractivity (Wildman–Crippen MR) is 65.4 cm³/mol. The molecule has 5 heteroatoms. The topological polar surface area (TPSA) is 46.2 Å². The molecule has 1 N–H and O–H groups in total. The van der Waals surface area contributed by atoms with Crippen LogP contribution in [0, 0.1) is 0 Å². The smallest absolute Gasteiger partial charge is 0.158 e. The van der Waals surface area contributed by atoms with Crippen molar-refractivity contribution >= 4 is 21.4 Å². The van der Waals surface area contributed by atoms with Crippen LogP contribution in [0.5, 0.6) is 0 Å². The van der Waals surface area contributed by atoms with Crippen LogP contribution in [-0.4, -0.2) is 26.8 Å². The van der Waals surface area contributed by atoms with Gasteiger partial charge in [0.15, 0.2) is 9.84 Å². The molecule has 88 valence electrons. The Kier molecular flexibility index (Phi) is 3.52. The largest absolute Gasteiger partial charge is 0.315 e. The molecule has 16 heavy (non-hydrogen) atoms. The second kappa shape index (κ2) is 4.73. The Morgan fingerprint density at radius 1 is 1.31 bits per heavy atom. The van der Waals surface area contributed by atoms with E-state index in [1.165, 1.54) is 0 Å². The van der Waals surface area contributed by atoms with E-state index < -0.39 is 9.84 Å². The quantitative estimate of drug-likeness (QED) is 0.897. The van der Waals surface area contributed by atoms with E-state index in [-0.39, 0.29) is 11.0 Å². The average Bonchev–Trinajstić information content (AvgIpc) is 2.75. The molecule has 3 nitrogen and oxygen atoms in total. The van der Waals surface area contributed by atoms with E-state index in [1.807, 2.05) is 0 Å². The molecule has 0 aromatic heterocycles. The zero-order valence-corrected chi connectivity index (χ0v) is 10.4. The Balaban J connectivity index is 2.11. The van der Waals surface area contributed by atoms with Crippen molar-refractivity contribution < 1.29 is 8.42 Å². The monoisotopic (exact) mass is 259 g/mol. The molecule has 1 unspecified atom stereocenters. The first-order valence-electron chi connectivity index (χ1n) is 5.25. The first-order chi connectivity index (χ1) is 7.58. The Labute approximate surface area is 101 Å². The molecule has 0 saturated carbocycles. The predicted octanol–water partition coefficient (Wildman–Crippen LogP) is 1.62. The molecule has 2 rings (SSSR count). The maximum absolute atomic E-state index is 12.0. The second-order valence-electron chi connectivity index (χ2n) is 4.05. The number of rotatable bonds is 3. The Morgan fingerprint density at radius 3 is 2.56 bits per heavy atom. The van der Waals surface area contributed by atoms with Gasteiger partial charge in [-0.1, -0.05) is 23.7 Å². The van der Waals surface area contributed by atoms with Crippen LogP contribution in [0.4, 0.5) is 0 Å². The van der Waals surface area contributed by atoms with E-state index in [4.69, 9.17) is 11.6 Å². The highest BCUT2D eigenvalue weighted by Gasteiger charge is 2.28. The van der Waals surface area contributed by atoms with E-state index in [0.717, 1.165) is 18.5 Å². The lowest BCUT2D eigenvalue weighted by atomic mass is 10.2. The van der Waals surface area contributed by atoms with E-state index in [1.54, 1.807) is 24.3 Å². The molecule has 1 fully saturated rings. The van der Waals surface area contributed by atoms with Gasteiger partial charge in [-0.2, -0.15) is 0 Å². The number of benzene rings is 1. The van der Waals surface area contributed by atoms with E-state index in [2.05, 4.69) is 5.32 Å². The van der Waals surface area contributed by atoms with Crippen molar-refractivity contribution in [2.45, 2.75) is 17.4 Å². The van der Waals surface area contributed by atoms with Crippen molar-refractivity contribution in [2.24, 2.45) is 0 Å². The van der Waals surface area contributed by atoms with Gasteiger partial charge in [0.05, 0.1) is 11.0 Å². The van der Waals surface area contributed by atoms with Crippen LogP contribution < -0.4 is 5.32 Å². The lowest BCUT2D eigenvalue weighted by Crippen LogP contribution is -2.25. The van der Waals surface area contributed by atoms with Gasteiger partial charge in [-0.15, -0.1) is 0 Å². The van der Waals surface area contributed by atoms with Gasteiger partial charge >= 0.3 is 0 Å². The summed E-state index contributed by atoms with van der Waals surface area (Å²) in [4.78, 5) is 0. The SMILES string of the molecule is O=S(=O)(Cc1ccc(Cl)cc1)C1CCNC1. The summed E-state index contributed by atoms with van der Waals surface area (Å²) in [5.74, 6) is 0.108. The van der Waals surface area contributed by atoms with Gasteiger partial charge in [0, 0.05) is 11.6 Å². The lowest BCUT2D eigenvalue weighted by Gasteiger charge is -2.10. The van der Waals surface area contributed by atoms with Crippen molar-refractivity contribution in [1.29, 1.82) is 0 Å². The fourth-order valence-corrected chi connectivity index (χ4v) is 3.73. The van der Waals surface area contributed by atoms with E-state index >= 15 is 0 Å². The molecule has 1 atom stereocenters. The van der Waals surface area contributed by atoms with Gasteiger partial charge in [0.1, 0.15) is 0 Å². The highest BCUT2D eigenvalue weighted by atomic mass is 35.5. The molecule has 0 spiro atoms. The molecule has 0 bridgehead atoms.